The Kier molecular flexibility index (Phi) is 6.56. The Labute approximate surface area is 198 Å². The maximum atomic E-state index is 13.2. The number of nitrogens with zero attached hydrogens (tertiary/aromatic N) is 4. The Morgan fingerprint density at radius 1 is 1.15 bits per heavy atom. The summed E-state index contributed by atoms with van der Waals surface area (Å²) in [5.74, 6) is -0.399. The molecule has 0 aliphatic carbocycles. The first-order valence-corrected chi connectivity index (χ1v) is 11.6. The monoisotopic (exact) mass is 464 g/mol. The highest BCUT2D eigenvalue weighted by molar-refractivity contribution is 6.08. The molecule has 180 valence electrons. The number of H-pyrrole nitrogens is 1. The number of amides is 1. The Morgan fingerprint density at radius 3 is 2.59 bits per heavy atom. The van der Waals surface area contributed by atoms with Crippen LogP contribution in [0, 0.1) is 5.41 Å². The van der Waals surface area contributed by atoms with Crippen molar-refractivity contribution in [3.8, 4) is 0 Å². The zero-order valence-corrected chi connectivity index (χ0v) is 20.2. The smallest absolute Gasteiger partial charge is 0.271 e. The van der Waals surface area contributed by atoms with Gasteiger partial charge in [-0.05, 0) is 37.1 Å². The quantitative estimate of drug-likeness (QED) is 0.602. The van der Waals surface area contributed by atoms with Crippen LogP contribution in [0.15, 0.2) is 46.4 Å². The van der Waals surface area contributed by atoms with E-state index < -0.39 is 5.91 Å². The van der Waals surface area contributed by atoms with Gasteiger partial charge in [0.05, 0.1) is 28.5 Å². The lowest BCUT2D eigenvalue weighted by atomic mass is 9.92. The normalized spacial score (nSPS) is 15.0. The van der Waals surface area contributed by atoms with Gasteiger partial charge in [-0.1, -0.05) is 26.8 Å². The summed E-state index contributed by atoms with van der Waals surface area (Å²) in [4.78, 5) is 50.1. The van der Waals surface area contributed by atoms with E-state index in [0.29, 0.717) is 47.5 Å². The number of carbonyl (C=O) groups is 1. The summed E-state index contributed by atoms with van der Waals surface area (Å²) in [6, 6.07) is 6.83. The van der Waals surface area contributed by atoms with Crippen molar-refractivity contribution in [3.05, 3.63) is 63.1 Å². The minimum Gasteiger partial charge on any atom is -0.364 e. The van der Waals surface area contributed by atoms with Crippen molar-refractivity contribution >= 4 is 28.2 Å². The Bertz CT molecular complexity index is 1310. The number of anilines is 2. The summed E-state index contributed by atoms with van der Waals surface area (Å²) in [5.41, 5.74) is 1.38. The highest BCUT2D eigenvalue weighted by Crippen LogP contribution is 2.22. The second-order valence-corrected chi connectivity index (χ2v) is 10.1. The minimum atomic E-state index is -0.399. The zero-order valence-electron chi connectivity index (χ0n) is 20.2. The van der Waals surface area contributed by atoms with Crippen LogP contribution in [0.5, 0.6) is 0 Å². The summed E-state index contributed by atoms with van der Waals surface area (Å²) in [6.45, 7) is 10.0. The maximum Gasteiger partial charge on any atom is 0.271 e. The molecule has 0 spiro atoms. The summed E-state index contributed by atoms with van der Waals surface area (Å²) in [5, 5.41) is 3.23. The van der Waals surface area contributed by atoms with Crippen molar-refractivity contribution in [3.63, 3.8) is 0 Å². The molecule has 9 heteroatoms. The van der Waals surface area contributed by atoms with Crippen molar-refractivity contribution in [2.45, 2.75) is 33.7 Å². The molecule has 0 unspecified atom stereocenters. The Hall–Kier alpha value is -3.46. The predicted octanol–water partition coefficient (Wildman–Crippen LogP) is 2.53. The van der Waals surface area contributed by atoms with Gasteiger partial charge in [-0.25, -0.2) is 4.98 Å². The van der Waals surface area contributed by atoms with Crippen LogP contribution in [0.25, 0.3) is 10.9 Å². The molecular weight excluding hydrogens is 432 g/mol. The molecule has 4 rings (SSSR count). The van der Waals surface area contributed by atoms with Crippen LogP contribution in [0.1, 0.15) is 37.6 Å². The van der Waals surface area contributed by atoms with Gasteiger partial charge in [-0.15, -0.1) is 0 Å². The van der Waals surface area contributed by atoms with Crippen LogP contribution in [-0.4, -0.2) is 58.6 Å². The number of fused-ring (bicyclic) bond motifs is 1. The first-order chi connectivity index (χ1) is 16.1. The fraction of sp³-hybridized carbons (Fsp3) is 0.440. The number of likely N-dealkylation sites (N-methyl/N-ethyl adjacent to an activating group) is 1. The summed E-state index contributed by atoms with van der Waals surface area (Å²) >= 11 is 0. The van der Waals surface area contributed by atoms with Gasteiger partial charge >= 0.3 is 0 Å². The van der Waals surface area contributed by atoms with Gasteiger partial charge in [0, 0.05) is 38.9 Å². The predicted molar refractivity (Wildman–Crippen MR) is 135 cm³/mol. The number of aryl methyl sites for hydroxylation is 1. The second-order valence-electron chi connectivity index (χ2n) is 10.1. The number of carbonyl (C=O) groups excluding carboxylic acids is 1. The van der Waals surface area contributed by atoms with Gasteiger partial charge < -0.3 is 20.1 Å². The van der Waals surface area contributed by atoms with Gasteiger partial charge in [0.25, 0.3) is 17.0 Å². The van der Waals surface area contributed by atoms with E-state index in [1.165, 1.54) is 6.20 Å². The van der Waals surface area contributed by atoms with Crippen molar-refractivity contribution in [2.24, 2.45) is 5.41 Å². The molecule has 9 nitrogen and oxygen atoms in total. The molecule has 0 radical (unpaired) electrons. The van der Waals surface area contributed by atoms with Crippen LogP contribution in [-0.2, 0) is 6.54 Å². The van der Waals surface area contributed by atoms with Crippen LogP contribution in [0.3, 0.4) is 0 Å². The zero-order chi connectivity index (χ0) is 24.5. The number of hydrogen-bond donors (Lipinski definition) is 2. The molecule has 1 fully saturated rings. The first-order valence-electron chi connectivity index (χ1n) is 11.6. The number of benzene rings is 1. The summed E-state index contributed by atoms with van der Waals surface area (Å²) in [6.07, 6.45) is 3.79. The lowest BCUT2D eigenvalue weighted by Gasteiger charge is -2.33. The maximum absolute atomic E-state index is 13.2. The number of pyridine rings is 1. The fourth-order valence-corrected chi connectivity index (χ4v) is 4.00. The van der Waals surface area contributed by atoms with E-state index in [2.05, 4.69) is 41.0 Å². The fourth-order valence-electron chi connectivity index (χ4n) is 4.00. The second kappa shape index (κ2) is 9.42. The SMILES string of the molecule is CN1CCN(c2cc(C(=O)Nc3cccc4ncn(CCC(C)(C)C)c(=O)c34)c[nH]c2=O)CC1. The average Bonchev–Trinajstić information content (AvgIpc) is 2.79. The highest BCUT2D eigenvalue weighted by atomic mass is 16.2. The molecule has 34 heavy (non-hydrogen) atoms. The Morgan fingerprint density at radius 2 is 1.88 bits per heavy atom. The van der Waals surface area contributed by atoms with E-state index in [9.17, 15) is 14.4 Å². The molecule has 2 aromatic heterocycles. The van der Waals surface area contributed by atoms with Crippen LogP contribution >= 0.6 is 0 Å². The number of aromatic amines is 1. The van der Waals surface area contributed by atoms with Gasteiger partial charge in [-0.2, -0.15) is 0 Å². The Balaban J connectivity index is 1.62. The largest absolute Gasteiger partial charge is 0.364 e. The van der Waals surface area contributed by atoms with Crippen LogP contribution in [0.2, 0.25) is 0 Å². The summed E-state index contributed by atoms with van der Waals surface area (Å²) in [7, 11) is 2.04. The molecule has 1 amide bonds. The van der Waals surface area contributed by atoms with E-state index in [-0.39, 0.29) is 16.5 Å². The number of nitrogens with one attached hydrogen (secondary N) is 2. The molecule has 1 aliphatic rings. The molecule has 2 N–H and O–H groups in total. The van der Waals surface area contributed by atoms with Crippen molar-refractivity contribution < 1.29 is 4.79 Å². The van der Waals surface area contributed by atoms with E-state index in [0.717, 1.165) is 19.5 Å². The molecule has 1 aliphatic heterocycles. The van der Waals surface area contributed by atoms with Crippen molar-refractivity contribution in [1.29, 1.82) is 0 Å². The van der Waals surface area contributed by atoms with Gasteiger partial charge in [0.1, 0.15) is 5.69 Å². The van der Waals surface area contributed by atoms with E-state index in [1.54, 1.807) is 35.2 Å². The highest BCUT2D eigenvalue weighted by Gasteiger charge is 2.20. The van der Waals surface area contributed by atoms with E-state index in [4.69, 9.17) is 0 Å². The third-order valence-electron chi connectivity index (χ3n) is 6.19. The third kappa shape index (κ3) is 5.20. The molecule has 1 saturated heterocycles. The lowest BCUT2D eigenvalue weighted by Crippen LogP contribution is -2.46. The van der Waals surface area contributed by atoms with Gasteiger partial charge in [0.15, 0.2) is 0 Å². The van der Waals surface area contributed by atoms with E-state index >= 15 is 0 Å². The first kappa shape index (κ1) is 23.7. The minimum absolute atomic E-state index is 0.0772. The molecule has 1 aromatic carbocycles. The molecule has 0 bridgehead atoms. The lowest BCUT2D eigenvalue weighted by molar-refractivity contribution is 0.102. The van der Waals surface area contributed by atoms with Crippen molar-refractivity contribution in [2.75, 3.05) is 43.4 Å². The number of aromatic nitrogens is 3. The van der Waals surface area contributed by atoms with Gasteiger partial charge in [-0.3, -0.25) is 19.0 Å². The number of hydrogen-bond acceptors (Lipinski definition) is 6. The average molecular weight is 465 g/mol. The van der Waals surface area contributed by atoms with E-state index in [1.807, 2.05) is 11.9 Å². The molecular formula is C25H32N6O3. The molecule has 3 aromatic rings. The van der Waals surface area contributed by atoms with Crippen molar-refractivity contribution in [1.82, 2.24) is 19.4 Å². The number of rotatable bonds is 5. The van der Waals surface area contributed by atoms with Crippen LogP contribution in [0.4, 0.5) is 11.4 Å². The van der Waals surface area contributed by atoms with Gasteiger partial charge in [0.2, 0.25) is 0 Å². The number of piperazine rings is 1. The molecule has 0 saturated carbocycles. The third-order valence-corrected chi connectivity index (χ3v) is 6.19. The molecule has 0 atom stereocenters. The van der Waals surface area contributed by atoms with Crippen LogP contribution < -0.4 is 21.3 Å². The standard InChI is InChI=1S/C25H32N6O3/c1-25(2,3)8-9-31-16-27-18-6-5-7-19(21(18)24(31)34)28-22(32)17-14-20(23(33)26-15-17)30-12-10-29(4)11-13-30/h5-7,14-16H,8-13H2,1-4H3,(H,26,33)(H,28,32). The summed E-state index contributed by atoms with van der Waals surface area (Å²) < 4.78 is 1.59. The molecule has 3 heterocycles. The topological polar surface area (TPSA) is 103 Å².